The van der Waals surface area contributed by atoms with Crippen molar-refractivity contribution in [3.05, 3.63) is 24.3 Å². The van der Waals surface area contributed by atoms with Crippen molar-refractivity contribution in [2.45, 2.75) is 36.4 Å². The molecule has 1 saturated heterocycles. The normalized spacial score (nSPS) is 16.4. The number of hydrogen-bond acceptors (Lipinski definition) is 8. The van der Waals surface area contributed by atoms with Crippen molar-refractivity contribution >= 4 is 27.8 Å². The van der Waals surface area contributed by atoms with E-state index in [1.54, 1.807) is 18.2 Å². The number of hydrogen-bond donors (Lipinski definition) is 0. The van der Waals surface area contributed by atoms with E-state index < -0.39 is 10.0 Å². The Labute approximate surface area is 180 Å². The number of carbonyl (C=O) groups is 1. The molecule has 30 heavy (non-hydrogen) atoms. The molecule has 11 heteroatoms. The molecule has 3 rings (SSSR count). The summed E-state index contributed by atoms with van der Waals surface area (Å²) in [5, 5.41) is 9.14. The summed E-state index contributed by atoms with van der Waals surface area (Å²) in [4.78, 5) is 11.7. The Morgan fingerprint density at radius 3 is 2.70 bits per heavy atom. The highest BCUT2D eigenvalue weighted by molar-refractivity contribution is 7.99. The zero-order valence-electron chi connectivity index (χ0n) is 17.3. The smallest absolute Gasteiger partial charge is 0.316 e. The summed E-state index contributed by atoms with van der Waals surface area (Å²) in [5.74, 6) is 0.339. The Kier molecular flexibility index (Phi) is 7.50. The van der Waals surface area contributed by atoms with Crippen LogP contribution in [0.4, 0.5) is 0 Å². The van der Waals surface area contributed by atoms with Crippen LogP contribution in [0, 0.1) is 0 Å². The fraction of sp³-hybridized carbons (Fsp3) is 0.526. The van der Waals surface area contributed by atoms with Crippen LogP contribution < -0.4 is 0 Å². The minimum Gasteiger partial charge on any atom is -0.468 e. The van der Waals surface area contributed by atoms with Gasteiger partial charge in [-0.3, -0.25) is 9.36 Å². The van der Waals surface area contributed by atoms with Gasteiger partial charge in [-0.15, -0.1) is 10.2 Å². The van der Waals surface area contributed by atoms with E-state index in [1.807, 2.05) is 24.5 Å². The van der Waals surface area contributed by atoms with E-state index in [1.165, 1.54) is 23.2 Å². The van der Waals surface area contributed by atoms with Gasteiger partial charge in [0.1, 0.15) is 0 Å². The Balaban J connectivity index is 1.96. The largest absolute Gasteiger partial charge is 0.468 e. The number of methoxy groups -OCH3 is 1. The number of aromatic nitrogens is 3. The number of ether oxygens (including phenoxy) is 2. The number of sulfonamides is 1. The monoisotopic (exact) mass is 454 g/mol. The zero-order chi connectivity index (χ0) is 21.7. The lowest BCUT2D eigenvalue weighted by atomic mass is 10.2. The maximum atomic E-state index is 13.0. The number of esters is 1. The third kappa shape index (κ3) is 4.85. The maximum Gasteiger partial charge on any atom is 0.316 e. The van der Waals surface area contributed by atoms with Gasteiger partial charge in [0.15, 0.2) is 11.0 Å². The van der Waals surface area contributed by atoms with E-state index in [0.29, 0.717) is 42.8 Å². The standard InChI is InChI=1S/C19H26N4O5S2/c1-4-14(2)23-18(20-21-19(23)29-13-17(24)27-3)15-6-5-7-16(12-15)30(25,26)22-8-10-28-11-9-22/h5-7,12,14H,4,8-11,13H2,1-3H3/t14-/m1/s1. The summed E-state index contributed by atoms with van der Waals surface area (Å²) < 4.78 is 39.4. The molecule has 0 spiro atoms. The highest BCUT2D eigenvalue weighted by atomic mass is 32.2. The van der Waals surface area contributed by atoms with Gasteiger partial charge < -0.3 is 9.47 Å². The highest BCUT2D eigenvalue weighted by Crippen LogP contribution is 2.30. The average molecular weight is 455 g/mol. The fourth-order valence-corrected chi connectivity index (χ4v) is 5.39. The molecular weight excluding hydrogens is 428 g/mol. The fourth-order valence-electron chi connectivity index (χ4n) is 3.07. The van der Waals surface area contributed by atoms with Crippen molar-refractivity contribution in [2.24, 2.45) is 0 Å². The topological polar surface area (TPSA) is 104 Å². The van der Waals surface area contributed by atoms with Gasteiger partial charge in [-0.25, -0.2) is 8.42 Å². The van der Waals surface area contributed by atoms with Crippen LogP contribution in [-0.2, 0) is 24.3 Å². The van der Waals surface area contributed by atoms with E-state index in [4.69, 9.17) is 9.47 Å². The number of carbonyl (C=O) groups excluding carboxylic acids is 1. The second-order valence-electron chi connectivity index (χ2n) is 6.84. The molecule has 1 atom stereocenters. The first-order valence-corrected chi connectivity index (χ1v) is 12.1. The number of nitrogens with zero attached hydrogens (tertiary/aromatic N) is 4. The molecule has 1 aliphatic heterocycles. The van der Waals surface area contributed by atoms with Crippen LogP contribution in [-0.4, -0.2) is 72.6 Å². The number of benzene rings is 1. The molecule has 1 aliphatic rings. The number of thioether (sulfide) groups is 1. The van der Waals surface area contributed by atoms with Crippen LogP contribution in [0.2, 0.25) is 0 Å². The van der Waals surface area contributed by atoms with Crippen molar-refractivity contribution in [1.29, 1.82) is 0 Å². The van der Waals surface area contributed by atoms with E-state index in [2.05, 4.69) is 10.2 Å². The first-order chi connectivity index (χ1) is 14.4. The molecule has 1 fully saturated rings. The first kappa shape index (κ1) is 22.7. The lowest BCUT2D eigenvalue weighted by molar-refractivity contribution is -0.137. The van der Waals surface area contributed by atoms with Gasteiger partial charge in [0.25, 0.3) is 0 Å². The van der Waals surface area contributed by atoms with E-state index in [-0.39, 0.29) is 22.7 Å². The van der Waals surface area contributed by atoms with Crippen molar-refractivity contribution in [3.8, 4) is 11.4 Å². The predicted octanol–water partition coefficient (Wildman–Crippen LogP) is 2.20. The van der Waals surface area contributed by atoms with E-state index in [0.717, 1.165) is 6.42 Å². The zero-order valence-corrected chi connectivity index (χ0v) is 18.9. The minimum atomic E-state index is -3.62. The summed E-state index contributed by atoms with van der Waals surface area (Å²) in [6.07, 6.45) is 0.822. The number of rotatable bonds is 8. The molecule has 2 aromatic rings. The maximum absolute atomic E-state index is 13.0. The van der Waals surface area contributed by atoms with Gasteiger partial charge in [-0.1, -0.05) is 30.8 Å². The number of morpholine rings is 1. The summed E-state index contributed by atoms with van der Waals surface area (Å²) in [5.41, 5.74) is 0.655. The lowest BCUT2D eigenvalue weighted by Crippen LogP contribution is -2.40. The van der Waals surface area contributed by atoms with E-state index in [9.17, 15) is 13.2 Å². The van der Waals surface area contributed by atoms with Crippen LogP contribution in [0.3, 0.4) is 0 Å². The third-order valence-corrected chi connectivity index (χ3v) is 7.75. The molecule has 0 saturated carbocycles. The van der Waals surface area contributed by atoms with Crippen molar-refractivity contribution in [3.63, 3.8) is 0 Å². The Hall–Kier alpha value is -1.95. The highest BCUT2D eigenvalue weighted by Gasteiger charge is 2.27. The van der Waals surface area contributed by atoms with Gasteiger partial charge in [0, 0.05) is 24.7 Å². The summed E-state index contributed by atoms with van der Waals surface area (Å²) in [7, 11) is -2.28. The van der Waals surface area contributed by atoms with E-state index >= 15 is 0 Å². The second kappa shape index (κ2) is 9.90. The SMILES string of the molecule is CC[C@@H](C)n1c(SCC(=O)OC)nnc1-c1cccc(S(=O)(=O)N2CCOCC2)c1. The molecule has 0 unspecified atom stereocenters. The van der Waals surface area contributed by atoms with Crippen LogP contribution >= 0.6 is 11.8 Å². The Morgan fingerprint density at radius 2 is 2.03 bits per heavy atom. The van der Waals surface area contributed by atoms with Gasteiger partial charge >= 0.3 is 5.97 Å². The van der Waals surface area contributed by atoms with Crippen LogP contribution in [0.15, 0.2) is 34.3 Å². The van der Waals surface area contributed by atoms with Crippen molar-refractivity contribution < 1.29 is 22.7 Å². The summed E-state index contributed by atoms with van der Waals surface area (Å²) >= 11 is 1.25. The van der Waals surface area contributed by atoms with Crippen molar-refractivity contribution in [2.75, 3.05) is 39.2 Å². The second-order valence-corrected chi connectivity index (χ2v) is 9.72. The van der Waals surface area contributed by atoms with Gasteiger partial charge in [-0.05, 0) is 25.5 Å². The van der Waals surface area contributed by atoms with Crippen LogP contribution in [0.5, 0.6) is 0 Å². The molecular formula is C19H26N4O5S2. The van der Waals surface area contributed by atoms with Crippen LogP contribution in [0.1, 0.15) is 26.3 Å². The molecule has 1 aromatic heterocycles. The lowest BCUT2D eigenvalue weighted by Gasteiger charge is -2.26. The first-order valence-electron chi connectivity index (χ1n) is 9.71. The van der Waals surface area contributed by atoms with Gasteiger partial charge in [-0.2, -0.15) is 4.31 Å². The molecule has 0 radical (unpaired) electrons. The van der Waals surface area contributed by atoms with Crippen LogP contribution in [0.25, 0.3) is 11.4 Å². The molecule has 164 valence electrons. The molecule has 1 aromatic carbocycles. The molecule has 9 nitrogen and oxygen atoms in total. The van der Waals surface area contributed by atoms with Crippen molar-refractivity contribution in [1.82, 2.24) is 19.1 Å². The minimum absolute atomic E-state index is 0.0645. The molecule has 0 aliphatic carbocycles. The average Bonchev–Trinajstić information content (AvgIpc) is 3.21. The summed E-state index contributed by atoms with van der Waals surface area (Å²) in [6, 6.07) is 6.80. The Morgan fingerprint density at radius 1 is 1.30 bits per heavy atom. The van der Waals surface area contributed by atoms with Gasteiger partial charge in [0.2, 0.25) is 10.0 Å². The van der Waals surface area contributed by atoms with Gasteiger partial charge in [0.05, 0.1) is 31.0 Å². The molecule has 0 amide bonds. The molecule has 0 N–H and O–H groups in total. The predicted molar refractivity (Wildman–Crippen MR) is 113 cm³/mol. The Bertz CT molecular complexity index is 987. The quantitative estimate of drug-likeness (QED) is 0.442. The molecule has 2 heterocycles. The summed E-state index contributed by atoms with van der Waals surface area (Å²) in [6.45, 7) is 5.53. The molecule has 0 bridgehead atoms. The third-order valence-electron chi connectivity index (χ3n) is 4.94.